The van der Waals surface area contributed by atoms with E-state index in [1.54, 1.807) is 4.88 Å². The van der Waals surface area contributed by atoms with Crippen LogP contribution < -0.4 is 5.32 Å². The molecule has 2 nitrogen and oxygen atoms in total. The van der Waals surface area contributed by atoms with Gasteiger partial charge in [0.25, 0.3) is 0 Å². The second kappa shape index (κ2) is 6.53. The lowest BCUT2D eigenvalue weighted by molar-refractivity contribution is 0.247. The van der Waals surface area contributed by atoms with Crippen molar-refractivity contribution in [1.29, 1.82) is 0 Å². The van der Waals surface area contributed by atoms with E-state index in [9.17, 15) is 0 Å². The molecule has 0 unspecified atom stereocenters. The molecule has 0 atom stereocenters. The van der Waals surface area contributed by atoms with E-state index in [2.05, 4.69) is 45.9 Å². The molecule has 106 valence electrons. The van der Waals surface area contributed by atoms with E-state index >= 15 is 0 Å². The summed E-state index contributed by atoms with van der Waals surface area (Å²) >= 11 is 1.91. The van der Waals surface area contributed by atoms with Gasteiger partial charge in [0.15, 0.2) is 0 Å². The summed E-state index contributed by atoms with van der Waals surface area (Å²) in [5.74, 6) is 0. The highest BCUT2D eigenvalue weighted by Crippen LogP contribution is 2.25. The molecule has 0 fully saturated rings. The smallest absolute Gasteiger partial charge is 0.0248 e. The number of hydrogen-bond donors (Lipinski definition) is 1. The molecule has 0 amide bonds. The standard InChI is InChI=1S/C17H22N2S/c1-18-9-6-14-4-2-3-5-15(14)12-19-10-7-17-16(13-19)8-11-20-17/h2-5,8,11,18H,6-7,9-10,12-13H2,1H3. The Balaban J connectivity index is 1.69. The fourth-order valence-electron chi connectivity index (χ4n) is 2.90. The van der Waals surface area contributed by atoms with E-state index in [-0.39, 0.29) is 0 Å². The molecule has 0 saturated heterocycles. The molecule has 20 heavy (non-hydrogen) atoms. The van der Waals surface area contributed by atoms with Crippen LogP contribution in [0.4, 0.5) is 0 Å². The first-order valence-corrected chi connectivity index (χ1v) is 8.24. The summed E-state index contributed by atoms with van der Waals surface area (Å²) in [4.78, 5) is 4.16. The third kappa shape index (κ3) is 3.11. The van der Waals surface area contributed by atoms with Crippen molar-refractivity contribution in [3.8, 4) is 0 Å². The maximum absolute atomic E-state index is 3.24. The van der Waals surface area contributed by atoms with Gasteiger partial charge in [-0.1, -0.05) is 24.3 Å². The van der Waals surface area contributed by atoms with Crippen LogP contribution in [0.15, 0.2) is 35.7 Å². The molecule has 0 saturated carbocycles. The number of nitrogens with zero attached hydrogens (tertiary/aromatic N) is 1. The molecule has 2 aromatic rings. The third-order valence-electron chi connectivity index (χ3n) is 4.04. The average Bonchev–Trinajstić information content (AvgIpc) is 2.94. The minimum Gasteiger partial charge on any atom is -0.319 e. The van der Waals surface area contributed by atoms with Crippen molar-refractivity contribution in [1.82, 2.24) is 10.2 Å². The second-order valence-corrected chi connectivity index (χ2v) is 6.45. The van der Waals surface area contributed by atoms with Crippen molar-refractivity contribution in [2.24, 2.45) is 0 Å². The molecule has 1 aliphatic rings. The van der Waals surface area contributed by atoms with E-state index in [1.165, 1.54) is 29.7 Å². The van der Waals surface area contributed by atoms with Gasteiger partial charge in [-0.3, -0.25) is 4.90 Å². The lowest BCUT2D eigenvalue weighted by atomic mass is 10.0. The van der Waals surface area contributed by atoms with Crippen LogP contribution in [0.1, 0.15) is 21.6 Å². The van der Waals surface area contributed by atoms with E-state index in [1.807, 2.05) is 18.4 Å². The first kappa shape index (κ1) is 13.8. The molecule has 2 heterocycles. The van der Waals surface area contributed by atoms with Crippen LogP contribution in [0.5, 0.6) is 0 Å². The Morgan fingerprint density at radius 3 is 2.90 bits per heavy atom. The van der Waals surface area contributed by atoms with Crippen molar-refractivity contribution in [2.45, 2.75) is 25.9 Å². The lowest BCUT2D eigenvalue weighted by Crippen LogP contribution is -2.29. The minimum absolute atomic E-state index is 1.05. The van der Waals surface area contributed by atoms with Gasteiger partial charge in [0.05, 0.1) is 0 Å². The van der Waals surface area contributed by atoms with Crippen LogP contribution in [0.25, 0.3) is 0 Å². The summed E-state index contributed by atoms with van der Waals surface area (Å²) in [5, 5.41) is 5.48. The molecule has 0 bridgehead atoms. The van der Waals surface area contributed by atoms with E-state index in [4.69, 9.17) is 0 Å². The number of likely N-dealkylation sites (N-methyl/N-ethyl adjacent to an activating group) is 1. The van der Waals surface area contributed by atoms with Gasteiger partial charge in [0.2, 0.25) is 0 Å². The lowest BCUT2D eigenvalue weighted by Gasteiger charge is -2.27. The molecule has 0 aliphatic carbocycles. The maximum atomic E-state index is 3.24. The van der Waals surface area contributed by atoms with Gasteiger partial charge in [-0.2, -0.15) is 0 Å². The Hall–Kier alpha value is -1.16. The van der Waals surface area contributed by atoms with Gasteiger partial charge in [0.1, 0.15) is 0 Å². The van der Waals surface area contributed by atoms with E-state index < -0.39 is 0 Å². The van der Waals surface area contributed by atoms with Gasteiger partial charge < -0.3 is 5.32 Å². The molecular weight excluding hydrogens is 264 g/mol. The van der Waals surface area contributed by atoms with Gasteiger partial charge >= 0.3 is 0 Å². The molecule has 1 aliphatic heterocycles. The van der Waals surface area contributed by atoms with Crippen LogP contribution in [-0.4, -0.2) is 25.0 Å². The maximum Gasteiger partial charge on any atom is 0.0248 e. The van der Waals surface area contributed by atoms with Gasteiger partial charge in [-0.25, -0.2) is 0 Å². The first-order chi connectivity index (χ1) is 9.86. The highest BCUT2D eigenvalue weighted by molar-refractivity contribution is 7.10. The summed E-state index contributed by atoms with van der Waals surface area (Å²) < 4.78 is 0. The number of nitrogens with one attached hydrogen (secondary N) is 1. The zero-order valence-corrected chi connectivity index (χ0v) is 12.9. The number of thiophene rings is 1. The van der Waals surface area contributed by atoms with E-state index in [0.717, 1.165) is 26.1 Å². The Kier molecular flexibility index (Phi) is 4.51. The molecule has 1 N–H and O–H groups in total. The highest BCUT2D eigenvalue weighted by Gasteiger charge is 2.17. The van der Waals surface area contributed by atoms with Gasteiger partial charge in [-0.05, 0) is 54.6 Å². The molecule has 3 heteroatoms. The monoisotopic (exact) mass is 286 g/mol. The van der Waals surface area contributed by atoms with Crippen LogP contribution in [-0.2, 0) is 25.9 Å². The number of benzene rings is 1. The molecule has 0 radical (unpaired) electrons. The van der Waals surface area contributed by atoms with Gasteiger partial charge in [0, 0.05) is 24.5 Å². The second-order valence-electron chi connectivity index (χ2n) is 5.45. The largest absolute Gasteiger partial charge is 0.319 e. The molecule has 1 aromatic carbocycles. The fraction of sp³-hybridized carbons (Fsp3) is 0.412. The molecule has 3 rings (SSSR count). The SMILES string of the molecule is CNCCc1ccccc1CN1CCc2sccc2C1. The quantitative estimate of drug-likeness (QED) is 0.909. The van der Waals surface area contributed by atoms with Crippen LogP contribution in [0.2, 0.25) is 0 Å². The minimum atomic E-state index is 1.05. The van der Waals surface area contributed by atoms with Crippen molar-refractivity contribution >= 4 is 11.3 Å². The summed E-state index contributed by atoms with van der Waals surface area (Å²) in [7, 11) is 2.02. The third-order valence-corrected chi connectivity index (χ3v) is 5.07. The van der Waals surface area contributed by atoms with Crippen molar-refractivity contribution in [3.63, 3.8) is 0 Å². The molecular formula is C17H22N2S. The van der Waals surface area contributed by atoms with Crippen molar-refractivity contribution in [3.05, 3.63) is 57.3 Å². The predicted octanol–water partition coefficient (Wildman–Crippen LogP) is 3.07. The van der Waals surface area contributed by atoms with Crippen LogP contribution >= 0.6 is 11.3 Å². The average molecular weight is 286 g/mol. The Labute approximate surface area is 125 Å². The first-order valence-electron chi connectivity index (χ1n) is 7.36. The number of rotatable bonds is 5. The normalized spacial score (nSPS) is 15.2. The predicted molar refractivity (Wildman–Crippen MR) is 86.2 cm³/mol. The van der Waals surface area contributed by atoms with Crippen LogP contribution in [0, 0.1) is 0 Å². The topological polar surface area (TPSA) is 15.3 Å². The number of fused-ring (bicyclic) bond motifs is 1. The number of hydrogen-bond acceptors (Lipinski definition) is 3. The summed E-state index contributed by atoms with van der Waals surface area (Å²) in [5.41, 5.74) is 4.51. The Morgan fingerprint density at radius 1 is 1.20 bits per heavy atom. The Bertz CT molecular complexity index is 562. The fourth-order valence-corrected chi connectivity index (χ4v) is 3.79. The highest BCUT2D eigenvalue weighted by atomic mass is 32.1. The zero-order valence-electron chi connectivity index (χ0n) is 12.1. The van der Waals surface area contributed by atoms with Gasteiger partial charge in [-0.15, -0.1) is 11.3 Å². The summed E-state index contributed by atoms with van der Waals surface area (Å²) in [6, 6.07) is 11.2. The summed E-state index contributed by atoms with van der Waals surface area (Å²) in [6.45, 7) is 4.42. The van der Waals surface area contributed by atoms with Crippen LogP contribution in [0.3, 0.4) is 0 Å². The van der Waals surface area contributed by atoms with Crippen molar-refractivity contribution < 1.29 is 0 Å². The zero-order chi connectivity index (χ0) is 13.8. The summed E-state index contributed by atoms with van der Waals surface area (Å²) in [6.07, 6.45) is 2.33. The Morgan fingerprint density at radius 2 is 2.05 bits per heavy atom. The molecule has 1 aromatic heterocycles. The van der Waals surface area contributed by atoms with E-state index in [0.29, 0.717) is 0 Å². The van der Waals surface area contributed by atoms with Crippen molar-refractivity contribution in [2.75, 3.05) is 20.1 Å². The molecule has 0 spiro atoms.